The number of aromatic nitrogens is 4. The number of aromatic amines is 1. The summed E-state index contributed by atoms with van der Waals surface area (Å²) in [6.45, 7) is 4.47. The van der Waals surface area contributed by atoms with Gasteiger partial charge in [-0.2, -0.15) is 5.10 Å². The van der Waals surface area contributed by atoms with E-state index >= 15 is 0 Å². The Bertz CT molecular complexity index is 1320. The summed E-state index contributed by atoms with van der Waals surface area (Å²) in [5, 5.41) is 11.7. The quantitative estimate of drug-likeness (QED) is 0.459. The van der Waals surface area contributed by atoms with E-state index in [-0.39, 0.29) is 11.9 Å². The van der Waals surface area contributed by atoms with Crippen LogP contribution in [0.2, 0.25) is 0 Å². The van der Waals surface area contributed by atoms with Crippen LogP contribution in [-0.2, 0) is 6.54 Å². The summed E-state index contributed by atoms with van der Waals surface area (Å²) in [5.41, 5.74) is 5.22. The zero-order valence-corrected chi connectivity index (χ0v) is 19.4. The maximum absolute atomic E-state index is 13.1. The third kappa shape index (κ3) is 4.77. The van der Waals surface area contributed by atoms with Crippen LogP contribution in [0.4, 0.5) is 0 Å². The number of rotatable bonds is 6. The molecule has 4 aromatic rings. The van der Waals surface area contributed by atoms with Gasteiger partial charge in [0.1, 0.15) is 5.69 Å². The number of aryl methyl sites for hydroxylation is 1. The standard InChI is InChI=1S/C26H28N6O2/c1-17-13-18(10-11-27-17)25-22-14-19(8-9-23(22)30-31-25)26(33)29-21-6-4-12-32(16-21)15-20-5-3-7-24(28-20)34-2/h3,5,7-11,13-14,21H,4,6,12,15-16H2,1-2H3,(H,29,33)(H,30,31)/t21-/m1/s1. The number of hydrogen-bond acceptors (Lipinski definition) is 6. The molecule has 34 heavy (non-hydrogen) atoms. The van der Waals surface area contributed by atoms with Gasteiger partial charge in [0, 0.05) is 53.6 Å². The molecule has 2 N–H and O–H groups in total. The highest BCUT2D eigenvalue weighted by Crippen LogP contribution is 2.27. The number of nitrogens with zero attached hydrogens (tertiary/aromatic N) is 4. The second kappa shape index (κ2) is 9.61. The average molecular weight is 457 g/mol. The fourth-order valence-electron chi connectivity index (χ4n) is 4.54. The molecule has 0 bridgehead atoms. The van der Waals surface area contributed by atoms with Crippen molar-refractivity contribution in [1.29, 1.82) is 0 Å². The third-order valence-corrected chi connectivity index (χ3v) is 6.21. The van der Waals surface area contributed by atoms with Crippen LogP contribution in [0.15, 0.2) is 54.7 Å². The van der Waals surface area contributed by atoms with E-state index in [1.807, 2.05) is 55.5 Å². The van der Waals surface area contributed by atoms with E-state index in [1.54, 1.807) is 13.3 Å². The number of amides is 1. The average Bonchev–Trinajstić information content (AvgIpc) is 3.28. The first-order valence-corrected chi connectivity index (χ1v) is 11.5. The molecular weight excluding hydrogens is 428 g/mol. The summed E-state index contributed by atoms with van der Waals surface area (Å²) in [7, 11) is 1.63. The third-order valence-electron chi connectivity index (χ3n) is 6.21. The minimum atomic E-state index is -0.0636. The zero-order valence-electron chi connectivity index (χ0n) is 19.4. The van der Waals surface area contributed by atoms with Crippen molar-refractivity contribution in [1.82, 2.24) is 30.4 Å². The van der Waals surface area contributed by atoms with E-state index in [9.17, 15) is 4.79 Å². The lowest BCUT2D eigenvalue weighted by molar-refractivity contribution is 0.0900. The first-order chi connectivity index (χ1) is 16.6. The van der Waals surface area contributed by atoms with Crippen molar-refractivity contribution in [2.75, 3.05) is 20.2 Å². The molecule has 0 aliphatic carbocycles. The van der Waals surface area contributed by atoms with Crippen molar-refractivity contribution in [3.8, 4) is 17.1 Å². The summed E-state index contributed by atoms with van der Waals surface area (Å²) < 4.78 is 5.24. The van der Waals surface area contributed by atoms with Crippen LogP contribution in [0.25, 0.3) is 22.2 Å². The first kappa shape index (κ1) is 22.0. The molecule has 0 unspecified atom stereocenters. The Morgan fingerprint density at radius 2 is 2.15 bits per heavy atom. The predicted octanol–water partition coefficient (Wildman–Crippen LogP) is 3.73. The number of hydrogen-bond donors (Lipinski definition) is 2. The van der Waals surface area contributed by atoms with E-state index in [0.29, 0.717) is 11.4 Å². The topological polar surface area (TPSA) is 96.0 Å². The van der Waals surface area contributed by atoms with Crippen LogP contribution in [0.5, 0.6) is 5.88 Å². The highest BCUT2D eigenvalue weighted by atomic mass is 16.5. The Morgan fingerprint density at radius 1 is 1.24 bits per heavy atom. The molecular formula is C26H28N6O2. The van der Waals surface area contributed by atoms with Crippen molar-refractivity contribution >= 4 is 16.8 Å². The molecule has 1 aliphatic rings. The fourth-order valence-corrected chi connectivity index (χ4v) is 4.54. The number of fused-ring (bicyclic) bond motifs is 1. The van der Waals surface area contributed by atoms with Gasteiger partial charge in [0.05, 0.1) is 18.3 Å². The van der Waals surface area contributed by atoms with E-state index in [2.05, 4.69) is 30.4 Å². The summed E-state index contributed by atoms with van der Waals surface area (Å²) in [4.78, 5) is 24.2. The summed E-state index contributed by atoms with van der Waals surface area (Å²) in [6.07, 6.45) is 3.77. The molecule has 1 amide bonds. The lowest BCUT2D eigenvalue weighted by Gasteiger charge is -2.33. The molecule has 0 saturated carbocycles. The van der Waals surface area contributed by atoms with E-state index < -0.39 is 0 Å². The van der Waals surface area contributed by atoms with Crippen molar-refractivity contribution < 1.29 is 9.53 Å². The molecule has 0 spiro atoms. The zero-order chi connectivity index (χ0) is 23.5. The summed E-state index contributed by atoms with van der Waals surface area (Å²) >= 11 is 0. The Labute approximate surface area is 198 Å². The second-order valence-electron chi connectivity index (χ2n) is 8.74. The SMILES string of the molecule is COc1cccc(CN2CCC[C@@H](NC(=O)c3ccc4[nH]nc(-c5ccnc(C)c5)c4c3)C2)n1. The van der Waals surface area contributed by atoms with E-state index in [1.165, 1.54) is 0 Å². The fraction of sp³-hybridized carbons (Fsp3) is 0.308. The molecule has 3 aromatic heterocycles. The molecule has 8 nitrogen and oxygen atoms in total. The number of nitrogens with one attached hydrogen (secondary N) is 2. The van der Waals surface area contributed by atoms with Gasteiger partial charge in [-0.3, -0.25) is 19.8 Å². The molecule has 1 atom stereocenters. The van der Waals surface area contributed by atoms with Gasteiger partial charge in [0.25, 0.3) is 5.91 Å². The Kier molecular flexibility index (Phi) is 6.22. The van der Waals surface area contributed by atoms with Gasteiger partial charge in [-0.05, 0) is 62.7 Å². The van der Waals surface area contributed by atoms with Crippen LogP contribution in [0.3, 0.4) is 0 Å². The van der Waals surface area contributed by atoms with Crippen LogP contribution < -0.4 is 10.1 Å². The maximum Gasteiger partial charge on any atom is 0.251 e. The lowest BCUT2D eigenvalue weighted by atomic mass is 10.0. The van der Waals surface area contributed by atoms with Gasteiger partial charge < -0.3 is 10.1 Å². The van der Waals surface area contributed by atoms with Crippen LogP contribution >= 0.6 is 0 Å². The van der Waals surface area contributed by atoms with Gasteiger partial charge in [0.2, 0.25) is 5.88 Å². The Hall–Kier alpha value is -3.78. The van der Waals surface area contributed by atoms with E-state index in [4.69, 9.17) is 4.74 Å². The minimum Gasteiger partial charge on any atom is -0.481 e. The molecule has 1 fully saturated rings. The molecule has 1 aliphatic heterocycles. The van der Waals surface area contributed by atoms with Crippen molar-refractivity contribution in [2.45, 2.75) is 32.4 Å². The monoisotopic (exact) mass is 456 g/mol. The molecule has 8 heteroatoms. The van der Waals surface area contributed by atoms with Crippen molar-refractivity contribution in [3.05, 3.63) is 71.7 Å². The molecule has 1 aromatic carbocycles. The van der Waals surface area contributed by atoms with Crippen LogP contribution in [-0.4, -0.2) is 57.2 Å². The number of likely N-dealkylation sites (tertiary alicyclic amines) is 1. The lowest BCUT2D eigenvalue weighted by Crippen LogP contribution is -2.47. The molecule has 4 heterocycles. The van der Waals surface area contributed by atoms with Gasteiger partial charge in [-0.15, -0.1) is 0 Å². The Morgan fingerprint density at radius 3 is 3.00 bits per heavy atom. The summed E-state index contributed by atoms with van der Waals surface area (Å²) in [5.74, 6) is 0.557. The first-order valence-electron chi connectivity index (χ1n) is 11.5. The molecule has 174 valence electrons. The maximum atomic E-state index is 13.1. The molecule has 5 rings (SSSR count). The predicted molar refractivity (Wildman–Crippen MR) is 131 cm³/mol. The number of piperidine rings is 1. The van der Waals surface area contributed by atoms with Gasteiger partial charge >= 0.3 is 0 Å². The number of methoxy groups -OCH3 is 1. The van der Waals surface area contributed by atoms with Gasteiger partial charge in [-0.1, -0.05) is 6.07 Å². The number of benzene rings is 1. The number of ether oxygens (including phenoxy) is 1. The highest BCUT2D eigenvalue weighted by Gasteiger charge is 2.23. The van der Waals surface area contributed by atoms with Gasteiger partial charge in [-0.25, -0.2) is 4.98 Å². The van der Waals surface area contributed by atoms with Crippen molar-refractivity contribution in [3.63, 3.8) is 0 Å². The molecule has 1 saturated heterocycles. The highest BCUT2D eigenvalue weighted by molar-refractivity contribution is 6.01. The normalized spacial score (nSPS) is 16.5. The Balaban J connectivity index is 1.29. The number of carbonyl (C=O) groups excluding carboxylic acids is 1. The van der Waals surface area contributed by atoms with Crippen LogP contribution in [0.1, 0.15) is 34.6 Å². The number of carbonyl (C=O) groups is 1. The minimum absolute atomic E-state index is 0.0636. The number of pyridine rings is 2. The van der Waals surface area contributed by atoms with Crippen molar-refractivity contribution in [2.24, 2.45) is 0 Å². The molecule has 0 radical (unpaired) electrons. The van der Waals surface area contributed by atoms with Gasteiger partial charge in [0.15, 0.2) is 0 Å². The smallest absolute Gasteiger partial charge is 0.251 e. The van der Waals surface area contributed by atoms with E-state index in [0.717, 1.165) is 66.0 Å². The summed E-state index contributed by atoms with van der Waals surface area (Å²) in [6, 6.07) is 15.5. The second-order valence-corrected chi connectivity index (χ2v) is 8.74. The number of H-pyrrole nitrogens is 1. The van der Waals surface area contributed by atoms with Crippen LogP contribution in [0, 0.1) is 6.92 Å². The largest absolute Gasteiger partial charge is 0.481 e.